The molecule has 0 aliphatic heterocycles. The highest BCUT2D eigenvalue weighted by molar-refractivity contribution is 6.19. The molecule has 2 heterocycles. The van der Waals surface area contributed by atoms with Crippen LogP contribution in [0.25, 0.3) is 93.7 Å². The van der Waals surface area contributed by atoms with E-state index in [1.807, 2.05) is 0 Å². The summed E-state index contributed by atoms with van der Waals surface area (Å²) in [5.41, 5.74) is 13.9. The summed E-state index contributed by atoms with van der Waals surface area (Å²) in [4.78, 5) is 10.8. The Hall–Kier alpha value is -6.58. The number of nitrogens with zero attached hydrogens (tertiary/aromatic N) is 3. The Balaban J connectivity index is 1.04. The Morgan fingerprint density at radius 2 is 1.14 bits per heavy atom. The van der Waals surface area contributed by atoms with Gasteiger partial charge in [-0.05, 0) is 119 Å². The fraction of sp³-hybridized carbons (Fsp3) is 0.179. The number of rotatable bonds is 3. The van der Waals surface area contributed by atoms with Gasteiger partial charge in [0.1, 0.15) is 0 Å². The first-order valence-corrected chi connectivity index (χ1v) is 21.7. The van der Waals surface area contributed by atoms with Gasteiger partial charge in [-0.3, -0.25) is 0 Å². The van der Waals surface area contributed by atoms with Crippen molar-refractivity contribution in [1.29, 1.82) is 0 Å². The number of aromatic nitrogens is 3. The standard InChI is InChI=1S/C56H41N3/c1-2-13-37(14-3-1)52-46-24-22-35-11-4-6-17-42(35)53(46)58-55(57-52)38-15-10-16-41(30-38)59-51-32-47-44-19-8-9-20-49(44)56(39-26-33-25-34(28-39)29-40(56)27-33)50(47)31-48(51)45-23-21-36-12-5-7-18-43(36)54(45)59/h1-24,30-34,39-40H,25-29H2. The summed E-state index contributed by atoms with van der Waals surface area (Å²) in [5.74, 6) is 4.02. The largest absolute Gasteiger partial charge is 0.309 e. The SMILES string of the molecule is c1ccc(-c2nc(-c3cccc(-n4c5cc6c(cc5c5ccc7ccccc7c54)C4(c5ccccc5-6)C5CC6CC(C5)CC4C6)c3)nc3c2ccc2ccccc23)cc1. The molecular formula is C56H41N3. The highest BCUT2D eigenvalue weighted by atomic mass is 15.0. The number of benzene rings is 8. The van der Waals surface area contributed by atoms with E-state index in [1.165, 1.54) is 81.2 Å². The topological polar surface area (TPSA) is 30.7 Å². The zero-order valence-corrected chi connectivity index (χ0v) is 32.8. The molecule has 15 rings (SSSR count). The third-order valence-corrected chi connectivity index (χ3v) is 15.3. The van der Waals surface area contributed by atoms with Crippen molar-refractivity contribution in [2.24, 2.45) is 23.7 Å². The second-order valence-corrected chi connectivity index (χ2v) is 18.1. The van der Waals surface area contributed by atoms with Crippen LogP contribution in [0.4, 0.5) is 0 Å². The minimum Gasteiger partial charge on any atom is -0.309 e. The first-order chi connectivity index (χ1) is 29.2. The van der Waals surface area contributed by atoms with Crippen molar-refractivity contribution in [3.8, 4) is 39.5 Å². The Morgan fingerprint density at radius 3 is 1.95 bits per heavy atom. The van der Waals surface area contributed by atoms with Crippen LogP contribution >= 0.6 is 0 Å². The van der Waals surface area contributed by atoms with Crippen molar-refractivity contribution in [3.05, 3.63) is 175 Å². The van der Waals surface area contributed by atoms with Crippen LogP contribution in [0.1, 0.15) is 43.2 Å². The van der Waals surface area contributed by atoms with Crippen LogP contribution < -0.4 is 0 Å². The van der Waals surface area contributed by atoms with Gasteiger partial charge in [-0.15, -0.1) is 0 Å². The summed E-state index contributed by atoms with van der Waals surface area (Å²) in [7, 11) is 0. The Bertz CT molecular complexity index is 3380. The van der Waals surface area contributed by atoms with E-state index < -0.39 is 0 Å². The Labute approximate surface area is 343 Å². The first-order valence-electron chi connectivity index (χ1n) is 21.7. The third-order valence-electron chi connectivity index (χ3n) is 15.3. The molecule has 0 unspecified atom stereocenters. The van der Waals surface area contributed by atoms with Crippen molar-refractivity contribution in [3.63, 3.8) is 0 Å². The average Bonchev–Trinajstić information content (AvgIpc) is 3.77. The van der Waals surface area contributed by atoms with Crippen LogP contribution in [0.15, 0.2) is 164 Å². The van der Waals surface area contributed by atoms with Gasteiger partial charge in [0, 0.05) is 49.2 Å². The summed E-state index contributed by atoms with van der Waals surface area (Å²) in [6.07, 6.45) is 7.01. The molecule has 5 aliphatic carbocycles. The van der Waals surface area contributed by atoms with Crippen molar-refractivity contribution >= 4 is 54.3 Å². The maximum atomic E-state index is 5.39. The molecule has 2 aromatic heterocycles. The van der Waals surface area contributed by atoms with E-state index in [4.69, 9.17) is 9.97 Å². The quantitative estimate of drug-likeness (QED) is 0.168. The lowest BCUT2D eigenvalue weighted by Crippen LogP contribution is -2.55. The Kier molecular flexibility index (Phi) is 6.46. The Morgan fingerprint density at radius 1 is 0.458 bits per heavy atom. The van der Waals surface area contributed by atoms with Crippen LogP contribution in [0.5, 0.6) is 0 Å². The monoisotopic (exact) mass is 755 g/mol. The normalized spacial score (nSPS) is 22.6. The molecule has 3 nitrogen and oxygen atoms in total. The number of hydrogen-bond donors (Lipinski definition) is 0. The van der Waals surface area contributed by atoms with E-state index in [-0.39, 0.29) is 5.41 Å². The van der Waals surface area contributed by atoms with Gasteiger partial charge in [-0.2, -0.15) is 0 Å². The van der Waals surface area contributed by atoms with Gasteiger partial charge < -0.3 is 4.57 Å². The number of hydrogen-bond acceptors (Lipinski definition) is 2. The molecule has 0 N–H and O–H groups in total. The minimum absolute atomic E-state index is 0.118. The van der Waals surface area contributed by atoms with Crippen molar-refractivity contribution in [1.82, 2.24) is 14.5 Å². The molecule has 0 amide bonds. The summed E-state index contributed by atoms with van der Waals surface area (Å²) in [5, 5.41) is 8.59. The molecule has 1 spiro atoms. The van der Waals surface area contributed by atoms with Gasteiger partial charge in [0.15, 0.2) is 5.82 Å². The van der Waals surface area contributed by atoms with E-state index >= 15 is 0 Å². The van der Waals surface area contributed by atoms with Gasteiger partial charge in [-0.1, -0.05) is 133 Å². The van der Waals surface area contributed by atoms with Gasteiger partial charge in [-0.25, -0.2) is 9.97 Å². The lowest BCUT2D eigenvalue weighted by molar-refractivity contribution is -0.0399. The average molecular weight is 756 g/mol. The predicted molar refractivity (Wildman–Crippen MR) is 243 cm³/mol. The second kappa shape index (κ2) is 11.8. The molecule has 10 aromatic rings. The maximum absolute atomic E-state index is 5.39. The fourth-order valence-corrected chi connectivity index (χ4v) is 13.3. The predicted octanol–water partition coefficient (Wildman–Crippen LogP) is 14.1. The van der Waals surface area contributed by atoms with E-state index in [1.54, 1.807) is 11.1 Å². The van der Waals surface area contributed by atoms with Gasteiger partial charge in [0.2, 0.25) is 0 Å². The van der Waals surface area contributed by atoms with Crippen molar-refractivity contribution < 1.29 is 0 Å². The summed E-state index contributed by atoms with van der Waals surface area (Å²) in [6.45, 7) is 0. The third kappa shape index (κ3) is 4.32. The lowest BCUT2D eigenvalue weighted by atomic mass is 9.43. The lowest BCUT2D eigenvalue weighted by Gasteiger charge is -2.61. The second-order valence-electron chi connectivity index (χ2n) is 18.1. The molecule has 4 bridgehead atoms. The van der Waals surface area contributed by atoms with Gasteiger partial charge >= 0.3 is 0 Å². The van der Waals surface area contributed by atoms with E-state index in [2.05, 4.69) is 168 Å². The highest BCUT2D eigenvalue weighted by Crippen LogP contribution is 2.69. The molecule has 59 heavy (non-hydrogen) atoms. The summed E-state index contributed by atoms with van der Waals surface area (Å²) in [6, 6.07) is 60.9. The van der Waals surface area contributed by atoms with E-state index in [9.17, 15) is 0 Å². The zero-order valence-electron chi connectivity index (χ0n) is 32.8. The molecule has 5 aliphatic rings. The summed E-state index contributed by atoms with van der Waals surface area (Å²) >= 11 is 0. The van der Waals surface area contributed by atoms with Gasteiger partial charge in [0.25, 0.3) is 0 Å². The zero-order chi connectivity index (χ0) is 38.4. The molecule has 4 saturated carbocycles. The molecule has 3 heteroatoms. The van der Waals surface area contributed by atoms with Gasteiger partial charge in [0.05, 0.1) is 22.2 Å². The molecule has 0 radical (unpaired) electrons. The highest BCUT2D eigenvalue weighted by Gasteiger charge is 2.61. The van der Waals surface area contributed by atoms with Crippen molar-refractivity contribution in [2.75, 3.05) is 0 Å². The van der Waals surface area contributed by atoms with E-state index in [0.29, 0.717) is 0 Å². The number of fused-ring (bicyclic) bond motifs is 11. The van der Waals surface area contributed by atoms with Crippen molar-refractivity contribution in [2.45, 2.75) is 37.5 Å². The smallest absolute Gasteiger partial charge is 0.160 e. The molecule has 8 aromatic carbocycles. The maximum Gasteiger partial charge on any atom is 0.160 e. The first kappa shape index (κ1) is 32.4. The van der Waals surface area contributed by atoms with Crippen LogP contribution in [-0.4, -0.2) is 14.5 Å². The minimum atomic E-state index is 0.118. The molecule has 4 fully saturated rings. The molecule has 280 valence electrons. The van der Waals surface area contributed by atoms with Crippen LogP contribution in [0.3, 0.4) is 0 Å². The molecular weight excluding hydrogens is 715 g/mol. The van der Waals surface area contributed by atoms with Crippen LogP contribution in [0.2, 0.25) is 0 Å². The summed E-state index contributed by atoms with van der Waals surface area (Å²) < 4.78 is 2.55. The molecule has 0 atom stereocenters. The van der Waals surface area contributed by atoms with Crippen LogP contribution in [0, 0.1) is 23.7 Å². The fourth-order valence-electron chi connectivity index (χ4n) is 13.3. The van der Waals surface area contributed by atoms with Crippen LogP contribution in [-0.2, 0) is 5.41 Å². The van der Waals surface area contributed by atoms with E-state index in [0.717, 1.165) is 68.3 Å². The molecule has 0 saturated heterocycles.